The third-order valence-electron chi connectivity index (χ3n) is 5.55. The van der Waals surface area contributed by atoms with E-state index < -0.39 is 5.82 Å². The van der Waals surface area contributed by atoms with Crippen LogP contribution in [0, 0.1) is 5.82 Å². The summed E-state index contributed by atoms with van der Waals surface area (Å²) in [6.45, 7) is 2.14. The Kier molecular flexibility index (Phi) is 5.68. The molecule has 1 N–H and O–H groups in total. The third kappa shape index (κ3) is 4.40. The first-order chi connectivity index (χ1) is 15.7. The summed E-state index contributed by atoms with van der Waals surface area (Å²) in [6.07, 6.45) is 3.75. The number of benzene rings is 1. The molecule has 1 fully saturated rings. The van der Waals surface area contributed by atoms with Gasteiger partial charge in [0.05, 0.1) is 31.6 Å². The highest BCUT2D eigenvalue weighted by atomic mass is 19.1. The van der Waals surface area contributed by atoms with Crippen LogP contribution in [0.5, 0.6) is 5.75 Å². The van der Waals surface area contributed by atoms with Gasteiger partial charge in [-0.2, -0.15) is 0 Å². The minimum Gasteiger partial charge on any atom is -0.494 e. The van der Waals surface area contributed by atoms with Gasteiger partial charge in [0.1, 0.15) is 11.4 Å². The number of halogens is 1. The SMILES string of the molecule is O=C1N[C@H]2CN(c3ncccc3F)C[C@@H]2OCc2cn(nn2)CCCOc2cccc1c2. The second-order valence-corrected chi connectivity index (χ2v) is 7.85. The minimum atomic E-state index is -0.413. The molecule has 0 aliphatic carbocycles. The van der Waals surface area contributed by atoms with E-state index in [-0.39, 0.29) is 30.5 Å². The van der Waals surface area contributed by atoms with E-state index in [0.29, 0.717) is 43.2 Å². The molecule has 2 atom stereocenters. The number of fused-ring (bicyclic) bond motifs is 5. The molecule has 32 heavy (non-hydrogen) atoms. The Bertz CT molecular complexity index is 1110. The molecule has 2 aliphatic rings. The molecule has 0 radical (unpaired) electrons. The minimum absolute atomic E-state index is 0.238. The second kappa shape index (κ2) is 8.91. The van der Waals surface area contributed by atoms with Crippen molar-refractivity contribution in [3.05, 3.63) is 65.9 Å². The van der Waals surface area contributed by atoms with Gasteiger partial charge in [-0.15, -0.1) is 5.10 Å². The zero-order chi connectivity index (χ0) is 21.9. The van der Waals surface area contributed by atoms with Gasteiger partial charge in [-0.3, -0.25) is 9.48 Å². The normalized spacial score (nSPS) is 21.5. The van der Waals surface area contributed by atoms with E-state index in [2.05, 4.69) is 20.6 Å². The molecule has 4 heterocycles. The van der Waals surface area contributed by atoms with Gasteiger partial charge in [-0.25, -0.2) is 9.37 Å². The maximum Gasteiger partial charge on any atom is 0.251 e. The maximum absolute atomic E-state index is 14.3. The van der Waals surface area contributed by atoms with Gasteiger partial charge in [-0.05, 0) is 30.3 Å². The zero-order valence-corrected chi connectivity index (χ0v) is 17.4. The average Bonchev–Trinajstić information content (AvgIpc) is 3.42. The predicted molar refractivity (Wildman–Crippen MR) is 113 cm³/mol. The second-order valence-electron chi connectivity index (χ2n) is 7.85. The van der Waals surface area contributed by atoms with Crippen molar-refractivity contribution in [3.8, 4) is 5.75 Å². The van der Waals surface area contributed by atoms with Crippen LogP contribution in [0.1, 0.15) is 22.5 Å². The van der Waals surface area contributed by atoms with Gasteiger partial charge in [0.2, 0.25) is 0 Å². The lowest BCUT2D eigenvalue weighted by molar-refractivity contribution is 0.0347. The first-order valence-corrected chi connectivity index (χ1v) is 10.6. The molecule has 1 amide bonds. The average molecular weight is 438 g/mol. The molecule has 3 aromatic rings. The molecule has 4 bridgehead atoms. The fourth-order valence-corrected chi connectivity index (χ4v) is 3.97. The molecule has 9 nitrogen and oxygen atoms in total. The van der Waals surface area contributed by atoms with Crippen molar-refractivity contribution in [2.24, 2.45) is 0 Å². The lowest BCUT2D eigenvalue weighted by atomic mass is 10.1. The van der Waals surface area contributed by atoms with Gasteiger partial charge in [0, 0.05) is 37.8 Å². The van der Waals surface area contributed by atoms with E-state index in [4.69, 9.17) is 9.47 Å². The third-order valence-corrected chi connectivity index (χ3v) is 5.55. The van der Waals surface area contributed by atoms with Crippen molar-refractivity contribution in [2.75, 3.05) is 24.6 Å². The van der Waals surface area contributed by atoms with Crippen LogP contribution in [0.25, 0.3) is 0 Å². The maximum atomic E-state index is 14.3. The number of hydrogen-bond donors (Lipinski definition) is 1. The Morgan fingerprint density at radius 2 is 2.12 bits per heavy atom. The van der Waals surface area contributed by atoms with Crippen LogP contribution in [0.15, 0.2) is 48.8 Å². The topological polar surface area (TPSA) is 94.4 Å². The first-order valence-electron chi connectivity index (χ1n) is 10.6. The number of carbonyl (C=O) groups excluding carboxylic acids is 1. The highest BCUT2D eigenvalue weighted by Gasteiger charge is 2.36. The highest BCUT2D eigenvalue weighted by Crippen LogP contribution is 2.24. The Morgan fingerprint density at radius 1 is 1.19 bits per heavy atom. The van der Waals surface area contributed by atoms with E-state index in [1.165, 1.54) is 6.07 Å². The number of amides is 1. The number of anilines is 1. The summed E-state index contributed by atoms with van der Waals surface area (Å²) in [5, 5.41) is 11.3. The number of carbonyl (C=O) groups is 1. The fourth-order valence-electron chi connectivity index (χ4n) is 3.97. The van der Waals surface area contributed by atoms with Crippen molar-refractivity contribution in [1.29, 1.82) is 0 Å². The largest absolute Gasteiger partial charge is 0.494 e. The Hall–Kier alpha value is -3.53. The van der Waals surface area contributed by atoms with Crippen LogP contribution in [0.4, 0.5) is 10.2 Å². The summed E-state index contributed by atoms with van der Waals surface area (Å²) >= 11 is 0. The molecule has 166 valence electrons. The molecular weight excluding hydrogens is 415 g/mol. The quantitative estimate of drug-likeness (QED) is 0.619. The van der Waals surface area contributed by atoms with Gasteiger partial charge < -0.3 is 19.7 Å². The highest BCUT2D eigenvalue weighted by molar-refractivity contribution is 5.94. The lowest BCUT2D eigenvalue weighted by Gasteiger charge is -2.20. The number of aryl methyl sites for hydroxylation is 1. The van der Waals surface area contributed by atoms with Crippen molar-refractivity contribution in [3.63, 3.8) is 0 Å². The van der Waals surface area contributed by atoms with E-state index in [9.17, 15) is 9.18 Å². The molecule has 2 aliphatic heterocycles. The van der Waals surface area contributed by atoms with Crippen LogP contribution in [0.2, 0.25) is 0 Å². The summed E-state index contributed by atoms with van der Waals surface area (Å²) in [4.78, 5) is 18.9. The Balaban J connectivity index is 1.41. The summed E-state index contributed by atoms with van der Waals surface area (Å²) < 4.78 is 28.0. The molecule has 1 saturated heterocycles. The molecule has 5 rings (SSSR count). The zero-order valence-electron chi connectivity index (χ0n) is 17.4. The molecular formula is C22H23FN6O3. The van der Waals surface area contributed by atoms with E-state index in [1.807, 2.05) is 12.3 Å². The number of nitrogens with zero attached hydrogens (tertiary/aromatic N) is 5. The number of aromatic nitrogens is 4. The Labute approximate surface area is 184 Å². The Morgan fingerprint density at radius 3 is 3.03 bits per heavy atom. The fraction of sp³-hybridized carbons (Fsp3) is 0.364. The first kappa shape index (κ1) is 20.4. The molecule has 2 aromatic heterocycles. The summed E-state index contributed by atoms with van der Waals surface area (Å²) in [7, 11) is 0. The van der Waals surface area contributed by atoms with Crippen LogP contribution in [-0.2, 0) is 17.9 Å². The number of hydrogen-bond acceptors (Lipinski definition) is 7. The van der Waals surface area contributed by atoms with Gasteiger partial charge in [0.15, 0.2) is 11.6 Å². The number of pyridine rings is 1. The molecule has 0 unspecified atom stereocenters. The summed E-state index contributed by atoms with van der Waals surface area (Å²) in [5.74, 6) is 0.213. The molecule has 0 saturated carbocycles. The van der Waals surface area contributed by atoms with Crippen LogP contribution in [0.3, 0.4) is 0 Å². The van der Waals surface area contributed by atoms with Crippen molar-refractivity contribution in [1.82, 2.24) is 25.3 Å². The molecule has 10 heteroatoms. The predicted octanol–water partition coefficient (Wildman–Crippen LogP) is 1.80. The lowest BCUT2D eigenvalue weighted by Crippen LogP contribution is -2.44. The molecule has 0 spiro atoms. The summed E-state index contributed by atoms with van der Waals surface area (Å²) in [5.41, 5.74) is 1.18. The number of nitrogens with one attached hydrogen (secondary N) is 1. The van der Waals surface area contributed by atoms with Crippen molar-refractivity contribution < 1.29 is 18.7 Å². The smallest absolute Gasteiger partial charge is 0.251 e. The van der Waals surface area contributed by atoms with Crippen molar-refractivity contribution in [2.45, 2.75) is 31.7 Å². The van der Waals surface area contributed by atoms with E-state index >= 15 is 0 Å². The van der Waals surface area contributed by atoms with Gasteiger partial charge in [-0.1, -0.05) is 11.3 Å². The monoisotopic (exact) mass is 438 g/mol. The standard InChI is InChI=1S/C22H23FN6O3/c23-18-6-2-7-24-21(18)28-12-19-20(13-28)32-14-16-11-29(27-26-16)8-3-9-31-17-5-1-4-15(10-17)22(30)25-19/h1-2,4-7,10-11,19-20H,3,8-9,12-14H2,(H,25,30)/t19-,20-/m0/s1. The van der Waals surface area contributed by atoms with Crippen LogP contribution in [-0.4, -0.2) is 57.7 Å². The van der Waals surface area contributed by atoms with Crippen LogP contribution < -0.4 is 15.0 Å². The van der Waals surface area contributed by atoms with Gasteiger partial charge in [0.25, 0.3) is 5.91 Å². The number of rotatable bonds is 1. The molecule has 1 aromatic carbocycles. The van der Waals surface area contributed by atoms with Crippen molar-refractivity contribution >= 4 is 11.7 Å². The van der Waals surface area contributed by atoms with E-state index in [1.54, 1.807) is 40.0 Å². The van der Waals surface area contributed by atoms with Gasteiger partial charge >= 0.3 is 0 Å². The number of ether oxygens (including phenoxy) is 2. The van der Waals surface area contributed by atoms with Crippen LogP contribution >= 0.6 is 0 Å². The summed E-state index contributed by atoms with van der Waals surface area (Å²) in [6, 6.07) is 9.62. The van der Waals surface area contributed by atoms with E-state index in [0.717, 1.165) is 6.42 Å².